The van der Waals surface area contributed by atoms with E-state index < -0.39 is 22.0 Å². The molecule has 0 heterocycles. The molecule has 0 fully saturated rings. The maximum atomic E-state index is 13.8. The zero-order chi connectivity index (χ0) is 24.8. The number of hydrogen-bond donors (Lipinski definition) is 1. The van der Waals surface area contributed by atoms with Crippen molar-refractivity contribution in [3.63, 3.8) is 0 Å². The van der Waals surface area contributed by atoms with Gasteiger partial charge in [-0.05, 0) is 48.4 Å². The average Bonchev–Trinajstić information content (AvgIpc) is 2.86. The molecule has 0 saturated heterocycles. The Bertz CT molecular complexity index is 1390. The molecule has 0 radical (unpaired) electrons. The predicted octanol–water partition coefficient (Wildman–Crippen LogP) is 6.77. The first kappa shape index (κ1) is 25.2. The third-order valence-electron chi connectivity index (χ3n) is 5.56. The van der Waals surface area contributed by atoms with Crippen molar-refractivity contribution in [1.29, 1.82) is 0 Å². The first-order valence-electron chi connectivity index (χ1n) is 11.0. The van der Waals surface area contributed by atoms with Gasteiger partial charge in [-0.15, -0.1) is 0 Å². The lowest BCUT2D eigenvalue weighted by Gasteiger charge is -2.28. The molecule has 0 aliphatic heterocycles. The number of benzene rings is 4. The van der Waals surface area contributed by atoms with Crippen molar-refractivity contribution in [2.24, 2.45) is 0 Å². The first-order valence-corrected chi connectivity index (χ1v) is 13.7. The maximum Gasteiger partial charge on any atom is 0.241 e. The van der Waals surface area contributed by atoms with Crippen LogP contribution >= 0.6 is 23.4 Å². The molecule has 35 heavy (non-hydrogen) atoms. The second-order valence-electron chi connectivity index (χ2n) is 8.06. The molecule has 0 unspecified atom stereocenters. The molecule has 0 saturated carbocycles. The Labute approximate surface area is 215 Å². The molecule has 4 aromatic carbocycles. The minimum absolute atomic E-state index is 0.130. The Kier molecular flexibility index (Phi) is 8.08. The van der Waals surface area contributed by atoms with Gasteiger partial charge < -0.3 is 0 Å². The van der Waals surface area contributed by atoms with Crippen LogP contribution in [-0.4, -0.2) is 13.5 Å². The Balaban J connectivity index is 1.82. The van der Waals surface area contributed by atoms with Gasteiger partial charge in [0.2, 0.25) is 15.1 Å². The van der Waals surface area contributed by atoms with Gasteiger partial charge in [0.15, 0.2) is 0 Å². The lowest BCUT2D eigenvalue weighted by molar-refractivity contribution is -0.112. The third kappa shape index (κ3) is 6.21. The van der Waals surface area contributed by atoms with E-state index in [0.717, 1.165) is 22.2 Å². The fraction of sp³-hybridized carbons (Fsp3) is 0.107. The Morgan fingerprint density at radius 2 is 1.37 bits per heavy atom. The molecule has 7 heteroatoms. The van der Waals surface area contributed by atoms with Gasteiger partial charge in [0.05, 0.1) is 16.9 Å². The van der Waals surface area contributed by atoms with Crippen LogP contribution in [-0.2, 0) is 14.8 Å². The van der Waals surface area contributed by atoms with Gasteiger partial charge in [-0.1, -0.05) is 108 Å². The maximum absolute atomic E-state index is 13.8. The summed E-state index contributed by atoms with van der Waals surface area (Å²) < 4.78 is 29.8. The van der Waals surface area contributed by atoms with Crippen molar-refractivity contribution in [2.75, 3.05) is 0 Å². The minimum atomic E-state index is -3.95. The number of thioether (sulfide) groups is 1. The third-order valence-corrected chi connectivity index (χ3v) is 8.33. The minimum Gasteiger partial charge on any atom is -0.286 e. The summed E-state index contributed by atoms with van der Waals surface area (Å²) in [4.78, 5) is 14.7. The van der Waals surface area contributed by atoms with Gasteiger partial charge in [0.25, 0.3) is 0 Å². The fourth-order valence-electron chi connectivity index (χ4n) is 3.78. The van der Waals surface area contributed by atoms with Crippen molar-refractivity contribution in [3.05, 3.63) is 131 Å². The Morgan fingerprint density at radius 3 is 2.00 bits per heavy atom. The molecule has 0 aromatic heterocycles. The van der Waals surface area contributed by atoms with Crippen LogP contribution in [0.3, 0.4) is 0 Å². The molecule has 4 rings (SSSR count). The van der Waals surface area contributed by atoms with Gasteiger partial charge in [0, 0.05) is 9.92 Å². The second kappa shape index (κ2) is 11.2. The van der Waals surface area contributed by atoms with Gasteiger partial charge in [0.1, 0.15) is 0 Å². The van der Waals surface area contributed by atoms with Crippen LogP contribution in [0.1, 0.15) is 28.7 Å². The summed E-state index contributed by atoms with van der Waals surface area (Å²) in [6.45, 7) is 1.89. The molecule has 1 N–H and O–H groups in total. The van der Waals surface area contributed by atoms with E-state index in [1.165, 1.54) is 0 Å². The van der Waals surface area contributed by atoms with Gasteiger partial charge in [-0.25, -0.2) is 13.1 Å². The number of sulfonamides is 1. The quantitative estimate of drug-likeness (QED) is 0.260. The summed E-state index contributed by atoms with van der Waals surface area (Å²) in [7, 11) is -3.95. The van der Waals surface area contributed by atoms with E-state index >= 15 is 0 Å². The molecule has 178 valence electrons. The predicted molar refractivity (Wildman–Crippen MR) is 142 cm³/mol. The number of carbonyl (C=O) groups excluding carboxylic acids is 1. The van der Waals surface area contributed by atoms with Crippen LogP contribution in [0.15, 0.2) is 119 Å². The van der Waals surface area contributed by atoms with E-state index in [9.17, 15) is 13.2 Å². The van der Waals surface area contributed by atoms with Crippen LogP contribution in [0.4, 0.5) is 0 Å². The summed E-state index contributed by atoms with van der Waals surface area (Å²) in [5, 5.41) is 0.180. The van der Waals surface area contributed by atoms with Crippen LogP contribution < -0.4 is 4.72 Å². The zero-order valence-electron chi connectivity index (χ0n) is 19.0. The molecule has 4 nitrogen and oxygen atoms in total. The fourth-order valence-corrected chi connectivity index (χ4v) is 6.19. The van der Waals surface area contributed by atoms with Crippen LogP contribution in [0.2, 0.25) is 5.02 Å². The van der Waals surface area contributed by atoms with Crippen molar-refractivity contribution in [2.45, 2.75) is 28.7 Å². The molecule has 0 amide bonds. The summed E-state index contributed by atoms with van der Waals surface area (Å²) >= 11 is 7.63. The van der Waals surface area contributed by atoms with Crippen LogP contribution in [0.5, 0.6) is 0 Å². The van der Waals surface area contributed by atoms with Crippen molar-refractivity contribution >= 4 is 38.5 Å². The molecular weight excluding hydrogens is 498 g/mol. The van der Waals surface area contributed by atoms with E-state index in [0.29, 0.717) is 16.1 Å². The Morgan fingerprint density at radius 1 is 0.800 bits per heavy atom. The largest absolute Gasteiger partial charge is 0.286 e. The highest BCUT2D eigenvalue weighted by Crippen LogP contribution is 2.40. The van der Waals surface area contributed by atoms with Crippen molar-refractivity contribution in [3.8, 4) is 0 Å². The molecular formula is C28H24ClNO3S2. The molecule has 0 aliphatic rings. The van der Waals surface area contributed by atoms with Gasteiger partial charge >= 0.3 is 0 Å². The SMILES string of the molecule is Cc1ccc(S(=O)(=O)N[C@H](c2ccccc2)[C@@H](C(=O)Sc2ccccc2)c2ccccc2Cl)cc1. The lowest BCUT2D eigenvalue weighted by Crippen LogP contribution is -2.35. The molecule has 0 spiro atoms. The Hall–Kier alpha value is -2.90. The normalized spacial score (nSPS) is 13.2. The standard InChI is InChI=1S/C28H24ClNO3S2/c1-20-16-18-23(19-17-20)35(32,33)30-27(21-10-4-2-5-11-21)26(24-14-8-9-15-25(24)29)28(31)34-22-12-6-3-7-13-22/h2-19,26-27,30H,1H3/t26-,27+/m0/s1. The van der Waals surface area contributed by atoms with E-state index in [4.69, 9.17) is 11.6 Å². The molecule has 0 bridgehead atoms. The summed E-state index contributed by atoms with van der Waals surface area (Å²) in [6, 6.07) is 31.2. The van der Waals surface area contributed by atoms with E-state index in [1.807, 2.05) is 67.6 Å². The highest BCUT2D eigenvalue weighted by molar-refractivity contribution is 8.13. The number of hydrogen-bond acceptors (Lipinski definition) is 4. The number of nitrogens with one attached hydrogen (secondary N) is 1. The monoisotopic (exact) mass is 521 g/mol. The van der Waals surface area contributed by atoms with E-state index in [1.54, 1.807) is 48.5 Å². The summed E-state index contributed by atoms with van der Waals surface area (Å²) in [5.74, 6) is -0.878. The second-order valence-corrected chi connectivity index (χ2v) is 11.3. The summed E-state index contributed by atoms with van der Waals surface area (Å²) in [6.07, 6.45) is 0. The van der Waals surface area contributed by atoms with Crippen LogP contribution in [0, 0.1) is 6.92 Å². The van der Waals surface area contributed by atoms with E-state index in [-0.39, 0.29) is 10.0 Å². The first-order chi connectivity index (χ1) is 16.8. The molecule has 4 aromatic rings. The average molecular weight is 522 g/mol. The lowest BCUT2D eigenvalue weighted by atomic mass is 9.88. The number of halogens is 1. The van der Waals surface area contributed by atoms with Crippen LogP contribution in [0.25, 0.3) is 0 Å². The highest BCUT2D eigenvalue weighted by Gasteiger charge is 2.36. The van der Waals surface area contributed by atoms with Gasteiger partial charge in [-0.2, -0.15) is 0 Å². The summed E-state index contributed by atoms with van der Waals surface area (Å²) in [5.41, 5.74) is 2.17. The zero-order valence-corrected chi connectivity index (χ0v) is 21.4. The van der Waals surface area contributed by atoms with Crippen molar-refractivity contribution < 1.29 is 13.2 Å². The van der Waals surface area contributed by atoms with Crippen molar-refractivity contribution in [1.82, 2.24) is 4.72 Å². The number of rotatable bonds is 8. The smallest absolute Gasteiger partial charge is 0.241 e. The molecule has 2 atom stereocenters. The van der Waals surface area contributed by atoms with E-state index in [2.05, 4.69) is 4.72 Å². The number of aryl methyl sites for hydroxylation is 1. The highest BCUT2D eigenvalue weighted by atomic mass is 35.5. The number of carbonyl (C=O) groups is 1. The van der Waals surface area contributed by atoms with Gasteiger partial charge in [-0.3, -0.25) is 4.79 Å². The topological polar surface area (TPSA) is 63.2 Å². The molecule has 0 aliphatic carbocycles.